The highest BCUT2D eigenvalue weighted by Gasteiger charge is 2.13. The molecule has 0 bridgehead atoms. The summed E-state index contributed by atoms with van der Waals surface area (Å²) in [6.07, 6.45) is 0.292. The summed E-state index contributed by atoms with van der Waals surface area (Å²) < 4.78 is 9.75. The summed E-state index contributed by atoms with van der Waals surface area (Å²) in [6, 6.07) is 16.8. The van der Waals surface area contributed by atoms with Gasteiger partial charge in [0.1, 0.15) is 0 Å². The van der Waals surface area contributed by atoms with Crippen molar-refractivity contribution in [2.45, 2.75) is 12.8 Å². The predicted molar refractivity (Wildman–Crippen MR) is 82.8 cm³/mol. The van der Waals surface area contributed by atoms with Gasteiger partial charge >= 0.3 is 17.9 Å². The molecule has 2 rings (SSSR count). The molecule has 0 unspecified atom stereocenters. The highest BCUT2D eigenvalue weighted by atomic mass is 16.6. The van der Waals surface area contributed by atoms with Crippen molar-refractivity contribution >= 4 is 17.9 Å². The first-order valence-corrected chi connectivity index (χ1v) is 7.19. The van der Waals surface area contributed by atoms with Gasteiger partial charge in [0, 0.05) is 6.42 Å². The lowest BCUT2D eigenvalue weighted by molar-refractivity contribution is -0.138. The molecule has 0 saturated heterocycles. The van der Waals surface area contributed by atoms with Gasteiger partial charge in [0.2, 0.25) is 0 Å². The van der Waals surface area contributed by atoms with Crippen LogP contribution in [0.5, 0.6) is 0 Å². The zero-order valence-corrected chi connectivity index (χ0v) is 12.4. The molecule has 0 fully saturated rings. The van der Waals surface area contributed by atoms with E-state index in [4.69, 9.17) is 9.47 Å². The maximum Gasteiger partial charge on any atom is 0.345 e. The molecule has 2 aromatic rings. The van der Waals surface area contributed by atoms with Crippen molar-refractivity contribution in [1.82, 2.24) is 0 Å². The Labute approximate surface area is 133 Å². The molecule has 0 heterocycles. The van der Waals surface area contributed by atoms with Crippen LogP contribution in [0.2, 0.25) is 0 Å². The molecule has 0 aliphatic carbocycles. The first kappa shape index (κ1) is 16.4. The highest BCUT2D eigenvalue weighted by Crippen LogP contribution is 2.05. The molecule has 0 aliphatic rings. The Morgan fingerprint density at radius 1 is 0.739 bits per heavy atom. The summed E-state index contributed by atoms with van der Waals surface area (Å²) >= 11 is 0. The third-order valence-corrected chi connectivity index (χ3v) is 2.98. The van der Waals surface area contributed by atoms with E-state index in [2.05, 4.69) is 0 Å². The van der Waals surface area contributed by atoms with Crippen molar-refractivity contribution in [2.24, 2.45) is 0 Å². The Balaban J connectivity index is 1.67. The number of carbonyl (C=O) groups is 3. The SMILES string of the molecule is O=C(CCCOC(=O)c1ccccc1)OC(=O)c1ccccc1. The largest absolute Gasteiger partial charge is 0.462 e. The van der Waals surface area contributed by atoms with E-state index >= 15 is 0 Å². The van der Waals surface area contributed by atoms with Gasteiger partial charge in [-0.05, 0) is 30.7 Å². The van der Waals surface area contributed by atoms with Crippen LogP contribution in [0.3, 0.4) is 0 Å². The highest BCUT2D eigenvalue weighted by molar-refractivity contribution is 5.96. The Hall–Kier alpha value is -2.95. The number of benzene rings is 2. The van der Waals surface area contributed by atoms with Crippen molar-refractivity contribution in [3.8, 4) is 0 Å². The number of rotatable bonds is 6. The van der Waals surface area contributed by atoms with Crippen molar-refractivity contribution < 1.29 is 23.9 Å². The molecule has 0 aromatic heterocycles. The average molecular weight is 312 g/mol. The molecule has 5 heteroatoms. The molecule has 0 radical (unpaired) electrons. The van der Waals surface area contributed by atoms with Crippen molar-refractivity contribution in [3.63, 3.8) is 0 Å². The van der Waals surface area contributed by atoms with Crippen LogP contribution in [0.4, 0.5) is 0 Å². The first-order valence-electron chi connectivity index (χ1n) is 7.19. The Kier molecular flexibility index (Phi) is 6.06. The van der Waals surface area contributed by atoms with E-state index in [0.717, 1.165) is 0 Å². The fourth-order valence-corrected chi connectivity index (χ4v) is 1.83. The molecule has 118 valence electrons. The van der Waals surface area contributed by atoms with E-state index in [-0.39, 0.29) is 13.0 Å². The minimum absolute atomic E-state index is 0.000638. The zero-order chi connectivity index (χ0) is 16.5. The van der Waals surface area contributed by atoms with Gasteiger partial charge in [0.15, 0.2) is 0 Å². The van der Waals surface area contributed by atoms with Gasteiger partial charge in [0.05, 0.1) is 17.7 Å². The second-order valence-corrected chi connectivity index (χ2v) is 4.73. The second-order valence-electron chi connectivity index (χ2n) is 4.73. The number of hydrogen-bond acceptors (Lipinski definition) is 5. The molecule has 0 atom stereocenters. The fourth-order valence-electron chi connectivity index (χ4n) is 1.83. The van der Waals surface area contributed by atoms with Gasteiger partial charge < -0.3 is 9.47 Å². The summed E-state index contributed by atoms with van der Waals surface area (Å²) in [5.74, 6) is -1.77. The Morgan fingerprint density at radius 3 is 1.83 bits per heavy atom. The number of hydrogen-bond donors (Lipinski definition) is 0. The van der Waals surface area contributed by atoms with Crippen LogP contribution in [-0.2, 0) is 14.3 Å². The van der Waals surface area contributed by atoms with Gasteiger partial charge in [-0.1, -0.05) is 36.4 Å². The first-order chi connectivity index (χ1) is 11.2. The van der Waals surface area contributed by atoms with Gasteiger partial charge in [-0.2, -0.15) is 0 Å². The molecule has 0 N–H and O–H groups in total. The van der Waals surface area contributed by atoms with E-state index in [1.807, 2.05) is 0 Å². The minimum atomic E-state index is -0.683. The number of carbonyl (C=O) groups excluding carboxylic acids is 3. The van der Waals surface area contributed by atoms with E-state index in [1.165, 1.54) is 0 Å². The summed E-state index contributed by atoms with van der Waals surface area (Å²) in [5.41, 5.74) is 0.769. The van der Waals surface area contributed by atoms with Gasteiger partial charge in [0.25, 0.3) is 0 Å². The number of ether oxygens (including phenoxy) is 2. The monoisotopic (exact) mass is 312 g/mol. The van der Waals surface area contributed by atoms with Crippen LogP contribution in [0.1, 0.15) is 33.6 Å². The minimum Gasteiger partial charge on any atom is -0.462 e. The normalized spacial score (nSPS) is 9.91. The summed E-state index contributed by atoms with van der Waals surface area (Å²) in [4.78, 5) is 34.9. The third-order valence-electron chi connectivity index (χ3n) is 2.98. The zero-order valence-electron chi connectivity index (χ0n) is 12.4. The summed E-state index contributed by atoms with van der Waals surface area (Å²) in [7, 11) is 0. The maximum absolute atomic E-state index is 11.7. The molecule has 5 nitrogen and oxygen atoms in total. The van der Waals surface area contributed by atoms with E-state index in [9.17, 15) is 14.4 Å². The van der Waals surface area contributed by atoms with Crippen LogP contribution < -0.4 is 0 Å². The Morgan fingerprint density at radius 2 is 1.26 bits per heavy atom. The van der Waals surface area contributed by atoms with Crippen LogP contribution in [0.25, 0.3) is 0 Å². The van der Waals surface area contributed by atoms with E-state index in [1.54, 1.807) is 60.7 Å². The fraction of sp³-hybridized carbons (Fsp3) is 0.167. The van der Waals surface area contributed by atoms with Gasteiger partial charge in [-0.25, -0.2) is 9.59 Å². The molecule has 0 spiro atoms. The standard InChI is InChI=1S/C18H16O5/c19-16(23-18(21)15-10-5-2-6-11-15)12-7-13-22-17(20)14-8-3-1-4-9-14/h1-6,8-11H,7,12-13H2. The molecule has 0 amide bonds. The van der Waals surface area contributed by atoms with E-state index in [0.29, 0.717) is 17.5 Å². The second kappa shape index (κ2) is 8.48. The van der Waals surface area contributed by atoms with E-state index < -0.39 is 17.9 Å². The number of esters is 3. The van der Waals surface area contributed by atoms with Crippen molar-refractivity contribution in [2.75, 3.05) is 6.61 Å². The summed E-state index contributed by atoms with van der Waals surface area (Å²) in [5, 5.41) is 0. The van der Waals surface area contributed by atoms with Gasteiger partial charge in [-0.3, -0.25) is 4.79 Å². The molecule has 0 aliphatic heterocycles. The molecule has 2 aromatic carbocycles. The van der Waals surface area contributed by atoms with Crippen molar-refractivity contribution in [1.29, 1.82) is 0 Å². The van der Waals surface area contributed by atoms with Crippen LogP contribution in [0.15, 0.2) is 60.7 Å². The maximum atomic E-state index is 11.7. The predicted octanol–water partition coefficient (Wildman–Crippen LogP) is 3.01. The van der Waals surface area contributed by atoms with Crippen molar-refractivity contribution in [3.05, 3.63) is 71.8 Å². The van der Waals surface area contributed by atoms with Crippen LogP contribution in [-0.4, -0.2) is 24.5 Å². The third kappa shape index (κ3) is 5.39. The smallest absolute Gasteiger partial charge is 0.345 e. The molecular formula is C18H16O5. The van der Waals surface area contributed by atoms with Gasteiger partial charge in [-0.15, -0.1) is 0 Å². The van der Waals surface area contributed by atoms with Crippen LogP contribution >= 0.6 is 0 Å². The quantitative estimate of drug-likeness (QED) is 0.466. The average Bonchev–Trinajstić information content (AvgIpc) is 2.60. The lowest BCUT2D eigenvalue weighted by atomic mass is 10.2. The van der Waals surface area contributed by atoms with Crippen LogP contribution in [0, 0.1) is 0 Å². The topological polar surface area (TPSA) is 69.7 Å². The molecule has 0 saturated carbocycles. The molecular weight excluding hydrogens is 296 g/mol. The molecule has 23 heavy (non-hydrogen) atoms. The Bertz CT molecular complexity index is 664. The summed E-state index contributed by atoms with van der Waals surface area (Å²) in [6.45, 7) is 0.0857. The lowest BCUT2D eigenvalue weighted by Gasteiger charge is -2.05. The lowest BCUT2D eigenvalue weighted by Crippen LogP contribution is -2.13.